The number of methoxy groups -OCH3 is 1. The lowest BCUT2D eigenvalue weighted by Crippen LogP contribution is -2.40. The van der Waals surface area contributed by atoms with Crippen LogP contribution >= 0.6 is 11.3 Å². The number of esters is 2. The van der Waals surface area contributed by atoms with Crippen molar-refractivity contribution in [1.82, 2.24) is 4.57 Å². The molecule has 4 aromatic rings. The van der Waals surface area contributed by atoms with Crippen molar-refractivity contribution in [2.45, 2.75) is 26.8 Å². The molecule has 3 aromatic carbocycles. The molecule has 5 rings (SSSR count). The van der Waals surface area contributed by atoms with E-state index in [1.165, 1.54) is 23.0 Å². The number of carbonyl (C=O) groups excluding carboxylic acids is 2. The van der Waals surface area contributed by atoms with Crippen LogP contribution in [0, 0.1) is 0 Å². The molecule has 0 saturated heterocycles. The zero-order valence-electron chi connectivity index (χ0n) is 26.0. The third-order valence-electron chi connectivity index (χ3n) is 7.24. The van der Waals surface area contributed by atoms with E-state index in [1.807, 2.05) is 43.3 Å². The van der Waals surface area contributed by atoms with Crippen molar-refractivity contribution in [1.29, 1.82) is 0 Å². The molecule has 46 heavy (non-hydrogen) atoms. The van der Waals surface area contributed by atoms with Crippen molar-refractivity contribution in [3.8, 4) is 17.2 Å². The first-order chi connectivity index (χ1) is 22.3. The number of carbonyl (C=O) groups is 2. The lowest BCUT2D eigenvalue weighted by atomic mass is 9.95. The third kappa shape index (κ3) is 6.45. The summed E-state index contributed by atoms with van der Waals surface area (Å²) in [6.45, 7) is 9.44. The molecule has 1 atom stereocenters. The number of nitrogens with zero attached hydrogens (tertiary/aromatic N) is 2. The number of hydrogen-bond acceptors (Lipinski definition) is 10. The molecule has 0 aliphatic carbocycles. The molecule has 10 nitrogen and oxygen atoms in total. The van der Waals surface area contributed by atoms with Gasteiger partial charge in [-0.05, 0) is 61.4 Å². The number of thiazole rings is 1. The Bertz CT molecular complexity index is 2020. The van der Waals surface area contributed by atoms with Gasteiger partial charge < -0.3 is 23.7 Å². The fraction of sp³-hybridized carbons (Fsp3) is 0.257. The monoisotopic (exact) mass is 642 g/mol. The highest BCUT2D eigenvalue weighted by Gasteiger charge is 2.34. The van der Waals surface area contributed by atoms with Gasteiger partial charge in [0.2, 0.25) is 0 Å². The van der Waals surface area contributed by atoms with E-state index in [4.69, 9.17) is 18.9 Å². The molecule has 0 radical (unpaired) electrons. The Balaban J connectivity index is 1.72. The summed E-state index contributed by atoms with van der Waals surface area (Å²) in [4.78, 5) is 44.6. The van der Waals surface area contributed by atoms with Crippen LogP contribution in [0.15, 0.2) is 88.3 Å². The topological polar surface area (TPSA) is 115 Å². The first kappa shape index (κ1) is 32.2. The Morgan fingerprint density at radius 2 is 1.78 bits per heavy atom. The van der Waals surface area contributed by atoms with Gasteiger partial charge in [-0.1, -0.05) is 60.4 Å². The minimum Gasteiger partial charge on any atom is -0.490 e. The van der Waals surface area contributed by atoms with Gasteiger partial charge in [-0.3, -0.25) is 9.36 Å². The lowest BCUT2D eigenvalue weighted by Gasteiger charge is -2.25. The quantitative estimate of drug-likeness (QED) is 0.164. The normalized spacial score (nSPS) is 14.3. The van der Waals surface area contributed by atoms with Crippen LogP contribution in [0.25, 0.3) is 16.8 Å². The third-order valence-corrected chi connectivity index (χ3v) is 8.22. The molecule has 2 heterocycles. The maximum absolute atomic E-state index is 14.3. The second-order valence-corrected chi connectivity index (χ2v) is 11.1. The van der Waals surface area contributed by atoms with E-state index in [1.54, 1.807) is 44.2 Å². The summed E-state index contributed by atoms with van der Waals surface area (Å²) in [5.41, 5.74) is 1.63. The summed E-state index contributed by atoms with van der Waals surface area (Å²) in [5.74, 6) is 0.119. The number of hydrogen-bond donors (Lipinski definition) is 0. The van der Waals surface area contributed by atoms with Gasteiger partial charge in [0.15, 0.2) is 22.9 Å². The van der Waals surface area contributed by atoms with E-state index in [0.717, 1.165) is 16.3 Å². The number of ether oxygens (including phenoxy) is 5. The summed E-state index contributed by atoms with van der Waals surface area (Å²) in [6.07, 6.45) is 3.47. The number of aromatic nitrogens is 1. The highest BCUT2D eigenvalue weighted by atomic mass is 32.1. The molecular formula is C35H34N2O8S. The van der Waals surface area contributed by atoms with Crippen molar-refractivity contribution in [3.05, 3.63) is 109 Å². The van der Waals surface area contributed by atoms with Crippen molar-refractivity contribution in [3.63, 3.8) is 0 Å². The summed E-state index contributed by atoms with van der Waals surface area (Å²) in [6, 6.07) is 15.9. The zero-order chi connectivity index (χ0) is 32.8. The summed E-state index contributed by atoms with van der Waals surface area (Å²) < 4.78 is 29.5. The first-order valence-corrected chi connectivity index (χ1v) is 15.5. The van der Waals surface area contributed by atoms with Crippen LogP contribution in [0.4, 0.5) is 0 Å². The summed E-state index contributed by atoms with van der Waals surface area (Å²) in [5, 5.41) is 1.91. The number of benzene rings is 3. The number of fused-ring (bicyclic) bond motifs is 2. The molecule has 0 spiro atoms. The van der Waals surface area contributed by atoms with Crippen LogP contribution in [0.3, 0.4) is 0 Å². The predicted molar refractivity (Wildman–Crippen MR) is 175 cm³/mol. The number of rotatable bonds is 12. The van der Waals surface area contributed by atoms with Crippen molar-refractivity contribution in [2.24, 2.45) is 4.99 Å². The van der Waals surface area contributed by atoms with E-state index in [0.29, 0.717) is 51.1 Å². The molecule has 0 bridgehead atoms. The Kier molecular flexibility index (Phi) is 10.0. The number of allylic oxidation sites excluding steroid dienone is 1. The van der Waals surface area contributed by atoms with E-state index in [-0.39, 0.29) is 24.3 Å². The van der Waals surface area contributed by atoms with Gasteiger partial charge in [-0.15, -0.1) is 0 Å². The molecule has 1 aliphatic rings. The van der Waals surface area contributed by atoms with Gasteiger partial charge in [0.1, 0.15) is 12.4 Å². The Labute approximate surface area is 269 Å². The van der Waals surface area contributed by atoms with Crippen LogP contribution < -0.4 is 29.1 Å². The second kappa shape index (κ2) is 14.3. The summed E-state index contributed by atoms with van der Waals surface area (Å²) in [7, 11) is 1.27. The average molecular weight is 643 g/mol. The van der Waals surface area contributed by atoms with Gasteiger partial charge in [-0.25, -0.2) is 14.6 Å². The smallest absolute Gasteiger partial charge is 0.343 e. The molecule has 0 unspecified atom stereocenters. The predicted octanol–water partition coefficient (Wildman–Crippen LogP) is 4.47. The standard InChI is InChI=1S/C35H34N2O8S/c1-6-17-44-26-15-13-22-11-9-10-12-24(22)25(26)19-29-33(39)37-32(31(34(40)43-8-3)21(4)36-35(37)46-29)23-14-16-27(28(18-23)42-7-2)45-20-30(38)41-5/h6,9-16,18-19,32H,1,7-8,17,20H2,2-5H3/b29-19+/t32-/m0/s1. The van der Waals surface area contributed by atoms with E-state index < -0.39 is 18.0 Å². The van der Waals surface area contributed by atoms with Crippen LogP contribution in [0.1, 0.15) is 37.9 Å². The van der Waals surface area contributed by atoms with Crippen LogP contribution in [0.2, 0.25) is 0 Å². The average Bonchev–Trinajstić information content (AvgIpc) is 3.36. The Morgan fingerprint density at radius 1 is 1.00 bits per heavy atom. The largest absolute Gasteiger partial charge is 0.490 e. The van der Waals surface area contributed by atoms with Crippen molar-refractivity contribution < 1.29 is 33.3 Å². The maximum atomic E-state index is 14.3. The van der Waals surface area contributed by atoms with E-state index in [2.05, 4.69) is 16.3 Å². The Morgan fingerprint density at radius 3 is 2.52 bits per heavy atom. The van der Waals surface area contributed by atoms with Crippen LogP contribution in [0.5, 0.6) is 17.2 Å². The molecular weight excluding hydrogens is 608 g/mol. The van der Waals surface area contributed by atoms with Crippen LogP contribution in [-0.4, -0.2) is 50.0 Å². The molecule has 0 saturated carbocycles. The van der Waals surface area contributed by atoms with E-state index in [9.17, 15) is 14.4 Å². The second-order valence-electron chi connectivity index (χ2n) is 10.1. The molecule has 0 N–H and O–H groups in total. The fourth-order valence-electron chi connectivity index (χ4n) is 5.21. The highest BCUT2D eigenvalue weighted by Crippen LogP contribution is 2.36. The van der Waals surface area contributed by atoms with Gasteiger partial charge in [0, 0.05) is 5.56 Å². The van der Waals surface area contributed by atoms with Gasteiger partial charge in [-0.2, -0.15) is 0 Å². The molecule has 11 heteroatoms. The van der Waals surface area contributed by atoms with Crippen molar-refractivity contribution >= 4 is 40.1 Å². The lowest BCUT2D eigenvalue weighted by molar-refractivity contribution is -0.143. The molecule has 0 fully saturated rings. The summed E-state index contributed by atoms with van der Waals surface area (Å²) >= 11 is 1.22. The highest BCUT2D eigenvalue weighted by molar-refractivity contribution is 7.07. The molecule has 238 valence electrons. The van der Waals surface area contributed by atoms with Gasteiger partial charge >= 0.3 is 11.9 Å². The zero-order valence-corrected chi connectivity index (χ0v) is 26.8. The fourth-order valence-corrected chi connectivity index (χ4v) is 6.24. The molecule has 0 amide bonds. The van der Waals surface area contributed by atoms with Crippen molar-refractivity contribution in [2.75, 3.05) is 33.5 Å². The first-order valence-electron chi connectivity index (χ1n) is 14.7. The van der Waals surface area contributed by atoms with E-state index >= 15 is 0 Å². The van der Waals surface area contributed by atoms with Crippen LogP contribution in [-0.2, 0) is 19.1 Å². The van der Waals surface area contributed by atoms with Gasteiger partial charge in [0.25, 0.3) is 5.56 Å². The maximum Gasteiger partial charge on any atom is 0.343 e. The molecule has 1 aliphatic heterocycles. The molecule has 1 aromatic heterocycles. The minimum atomic E-state index is -0.879. The minimum absolute atomic E-state index is 0.145. The SMILES string of the molecule is C=CCOc1ccc2ccccc2c1/C=c1/sc2n(c1=O)[C@@H](c1ccc(OCC(=O)OC)c(OCC)c1)C(C(=O)OCC)=C(C)N=2. The van der Waals surface area contributed by atoms with Gasteiger partial charge in [0.05, 0.1) is 42.2 Å². The Hall–Kier alpha value is -5.16.